The van der Waals surface area contributed by atoms with Crippen LogP contribution >= 0.6 is 11.6 Å². The molecular weight excluding hydrogens is 292 g/mol. The van der Waals surface area contributed by atoms with Crippen LogP contribution in [0.3, 0.4) is 0 Å². The summed E-state index contributed by atoms with van der Waals surface area (Å²) in [5.74, 6) is -0.110. The number of nitrogens with two attached hydrogens (primary N) is 1. The highest BCUT2D eigenvalue weighted by atomic mass is 35.5. The summed E-state index contributed by atoms with van der Waals surface area (Å²) in [4.78, 5) is 27.1. The number of carbonyl (C=O) groups is 1. The Labute approximate surface area is 124 Å². The van der Waals surface area contributed by atoms with Gasteiger partial charge < -0.3 is 15.5 Å². The Morgan fingerprint density at radius 1 is 1.24 bits per heavy atom. The number of methoxy groups -OCH3 is 1. The summed E-state index contributed by atoms with van der Waals surface area (Å²) in [6.45, 7) is 0. The lowest BCUT2D eigenvalue weighted by Gasteiger charge is -2.08. The van der Waals surface area contributed by atoms with Crippen molar-refractivity contribution in [3.05, 3.63) is 51.1 Å². The van der Waals surface area contributed by atoms with Crippen LogP contribution in [0, 0.1) is 0 Å². The van der Waals surface area contributed by atoms with Crippen LogP contribution in [0.25, 0.3) is 21.8 Å². The van der Waals surface area contributed by atoms with Gasteiger partial charge in [0.25, 0.3) is 0 Å². The van der Waals surface area contributed by atoms with Crippen molar-refractivity contribution in [3.63, 3.8) is 0 Å². The highest BCUT2D eigenvalue weighted by Crippen LogP contribution is 2.26. The third-order valence-electron chi connectivity index (χ3n) is 3.38. The zero-order valence-corrected chi connectivity index (χ0v) is 11.8. The van der Waals surface area contributed by atoms with Gasteiger partial charge in [0.1, 0.15) is 5.75 Å². The third-order valence-corrected chi connectivity index (χ3v) is 3.77. The lowest BCUT2D eigenvalue weighted by molar-refractivity contribution is 0.100. The fraction of sp³-hybridized carbons (Fsp3) is 0.0667. The number of rotatable bonds is 2. The van der Waals surface area contributed by atoms with E-state index in [1.165, 1.54) is 13.2 Å². The second kappa shape index (κ2) is 4.79. The average Bonchev–Trinajstić information content (AvgIpc) is 2.46. The molecule has 21 heavy (non-hydrogen) atoms. The molecule has 3 N–H and O–H groups in total. The molecule has 0 spiro atoms. The monoisotopic (exact) mass is 302 g/mol. The van der Waals surface area contributed by atoms with E-state index in [2.05, 4.69) is 4.98 Å². The Morgan fingerprint density at radius 2 is 1.95 bits per heavy atom. The van der Waals surface area contributed by atoms with E-state index in [9.17, 15) is 9.59 Å². The molecule has 0 unspecified atom stereocenters. The van der Waals surface area contributed by atoms with E-state index >= 15 is 0 Å². The Kier molecular flexibility index (Phi) is 3.07. The van der Waals surface area contributed by atoms with Gasteiger partial charge in [-0.3, -0.25) is 9.59 Å². The Hall–Kier alpha value is -2.53. The SMILES string of the molecule is COc1ccc2[nH]c3ccc(C(N)=O)c(Cl)c3c(=O)c2c1. The number of hydrogen-bond acceptors (Lipinski definition) is 3. The fourth-order valence-corrected chi connectivity index (χ4v) is 2.66. The molecule has 0 aliphatic heterocycles. The molecule has 1 heterocycles. The molecule has 106 valence electrons. The topological polar surface area (TPSA) is 85.2 Å². The number of primary amides is 1. The number of carbonyl (C=O) groups excluding carboxylic acids is 1. The number of aromatic amines is 1. The minimum absolute atomic E-state index is 0.0611. The quantitative estimate of drug-likeness (QED) is 0.713. The summed E-state index contributed by atoms with van der Waals surface area (Å²) >= 11 is 6.16. The normalized spacial score (nSPS) is 11.0. The smallest absolute Gasteiger partial charge is 0.250 e. The van der Waals surface area contributed by atoms with Gasteiger partial charge in [-0.1, -0.05) is 11.6 Å². The van der Waals surface area contributed by atoms with Gasteiger partial charge in [0.05, 0.1) is 34.1 Å². The van der Waals surface area contributed by atoms with E-state index in [0.717, 1.165) is 0 Å². The van der Waals surface area contributed by atoms with E-state index in [0.29, 0.717) is 22.2 Å². The van der Waals surface area contributed by atoms with Crippen molar-refractivity contribution in [3.8, 4) is 5.75 Å². The number of ether oxygens (including phenoxy) is 1. The number of amides is 1. The number of fused-ring (bicyclic) bond motifs is 2. The standard InChI is InChI=1S/C15H11ClN2O3/c1-21-7-2-4-10-9(6-7)14(19)12-11(18-10)5-3-8(13(12)16)15(17)20/h2-6H,1H3,(H2,17,20)(H,18,19). The largest absolute Gasteiger partial charge is 0.497 e. The zero-order chi connectivity index (χ0) is 15.1. The van der Waals surface area contributed by atoms with Crippen molar-refractivity contribution in [2.45, 2.75) is 0 Å². The summed E-state index contributed by atoms with van der Waals surface area (Å²) in [5.41, 5.74) is 6.32. The maximum absolute atomic E-state index is 12.6. The van der Waals surface area contributed by atoms with Crippen LogP contribution < -0.4 is 15.9 Å². The Balaban J connectivity index is 2.50. The predicted molar refractivity (Wildman–Crippen MR) is 82.2 cm³/mol. The first kappa shape index (κ1) is 13.5. The number of hydrogen-bond donors (Lipinski definition) is 2. The minimum Gasteiger partial charge on any atom is -0.497 e. The molecule has 1 amide bonds. The molecule has 0 atom stereocenters. The predicted octanol–water partition coefficient (Wildman–Crippen LogP) is 2.44. The summed E-state index contributed by atoms with van der Waals surface area (Å²) in [5, 5.41) is 0.741. The van der Waals surface area contributed by atoms with E-state index < -0.39 is 5.91 Å². The van der Waals surface area contributed by atoms with Crippen molar-refractivity contribution in [2.24, 2.45) is 5.73 Å². The number of pyridine rings is 1. The summed E-state index contributed by atoms with van der Waals surface area (Å²) in [6, 6.07) is 8.25. The molecule has 3 rings (SSSR count). The van der Waals surface area contributed by atoms with Crippen molar-refractivity contribution in [1.82, 2.24) is 4.98 Å². The van der Waals surface area contributed by atoms with Gasteiger partial charge in [0.15, 0.2) is 5.43 Å². The molecule has 1 aromatic heterocycles. The molecule has 0 bridgehead atoms. The number of aromatic nitrogens is 1. The van der Waals surface area contributed by atoms with Crippen LogP contribution in [0.4, 0.5) is 0 Å². The fourth-order valence-electron chi connectivity index (χ4n) is 2.32. The second-order valence-electron chi connectivity index (χ2n) is 4.58. The number of halogens is 1. The number of nitrogens with one attached hydrogen (secondary N) is 1. The molecule has 0 saturated carbocycles. The Morgan fingerprint density at radius 3 is 2.62 bits per heavy atom. The maximum atomic E-state index is 12.6. The third kappa shape index (κ3) is 2.02. The highest BCUT2D eigenvalue weighted by molar-refractivity contribution is 6.38. The van der Waals surface area contributed by atoms with E-state index in [1.54, 1.807) is 24.3 Å². The van der Waals surface area contributed by atoms with E-state index in [-0.39, 0.29) is 21.4 Å². The number of H-pyrrole nitrogens is 1. The molecule has 5 nitrogen and oxygen atoms in total. The molecule has 0 fully saturated rings. The maximum Gasteiger partial charge on any atom is 0.250 e. The molecular formula is C15H11ClN2O3. The second-order valence-corrected chi connectivity index (χ2v) is 4.96. The number of benzene rings is 2. The van der Waals surface area contributed by atoms with Gasteiger partial charge in [-0.05, 0) is 30.3 Å². The van der Waals surface area contributed by atoms with Crippen LogP contribution in [0.1, 0.15) is 10.4 Å². The molecule has 2 aromatic carbocycles. The first-order chi connectivity index (χ1) is 10.0. The van der Waals surface area contributed by atoms with Gasteiger partial charge in [-0.25, -0.2) is 0 Å². The zero-order valence-electron chi connectivity index (χ0n) is 11.1. The van der Waals surface area contributed by atoms with Gasteiger partial charge in [-0.15, -0.1) is 0 Å². The van der Waals surface area contributed by atoms with Crippen molar-refractivity contribution >= 4 is 39.3 Å². The van der Waals surface area contributed by atoms with E-state index in [4.69, 9.17) is 22.1 Å². The van der Waals surface area contributed by atoms with Gasteiger partial charge in [0, 0.05) is 5.39 Å². The molecule has 0 radical (unpaired) electrons. The van der Waals surface area contributed by atoms with Gasteiger partial charge in [-0.2, -0.15) is 0 Å². The van der Waals surface area contributed by atoms with Gasteiger partial charge in [0.2, 0.25) is 5.91 Å². The first-order valence-electron chi connectivity index (χ1n) is 6.15. The van der Waals surface area contributed by atoms with Crippen molar-refractivity contribution < 1.29 is 9.53 Å². The molecule has 0 aliphatic carbocycles. The lowest BCUT2D eigenvalue weighted by atomic mass is 10.1. The van der Waals surface area contributed by atoms with Crippen LogP contribution in [0.5, 0.6) is 5.75 Å². The Bertz CT molecular complexity index is 947. The molecule has 6 heteroatoms. The highest BCUT2D eigenvalue weighted by Gasteiger charge is 2.15. The van der Waals surface area contributed by atoms with Crippen molar-refractivity contribution in [1.29, 1.82) is 0 Å². The lowest BCUT2D eigenvalue weighted by Crippen LogP contribution is -2.13. The summed E-state index contributed by atoms with van der Waals surface area (Å²) in [7, 11) is 1.52. The summed E-state index contributed by atoms with van der Waals surface area (Å²) in [6.07, 6.45) is 0. The van der Waals surface area contributed by atoms with Crippen molar-refractivity contribution in [2.75, 3.05) is 7.11 Å². The van der Waals surface area contributed by atoms with Gasteiger partial charge >= 0.3 is 0 Å². The molecule has 0 saturated heterocycles. The molecule has 0 aliphatic rings. The first-order valence-corrected chi connectivity index (χ1v) is 6.52. The average molecular weight is 303 g/mol. The minimum atomic E-state index is -0.674. The van der Waals surface area contributed by atoms with Crippen LogP contribution in [0.15, 0.2) is 35.1 Å². The van der Waals surface area contributed by atoms with Crippen LogP contribution in [-0.2, 0) is 0 Å². The van der Waals surface area contributed by atoms with Crippen LogP contribution in [0.2, 0.25) is 5.02 Å². The van der Waals surface area contributed by atoms with E-state index in [1.807, 2.05) is 0 Å². The molecule has 3 aromatic rings. The van der Waals surface area contributed by atoms with Crippen LogP contribution in [-0.4, -0.2) is 18.0 Å². The summed E-state index contributed by atoms with van der Waals surface area (Å²) < 4.78 is 5.12.